The van der Waals surface area contributed by atoms with E-state index >= 15 is 0 Å². The highest BCUT2D eigenvalue weighted by Crippen LogP contribution is 2.40. The summed E-state index contributed by atoms with van der Waals surface area (Å²) in [6.45, 7) is 2.18. The van der Waals surface area contributed by atoms with Crippen LogP contribution in [0.4, 0.5) is 5.00 Å². The van der Waals surface area contributed by atoms with Crippen LogP contribution in [-0.4, -0.2) is 26.0 Å². The molecule has 0 bridgehead atoms. The van der Waals surface area contributed by atoms with Crippen molar-refractivity contribution in [2.45, 2.75) is 39.0 Å². The number of amides is 2. The van der Waals surface area contributed by atoms with E-state index in [-0.39, 0.29) is 12.3 Å². The van der Waals surface area contributed by atoms with Crippen molar-refractivity contribution in [1.82, 2.24) is 0 Å². The second-order valence-corrected chi connectivity index (χ2v) is 8.11. The molecule has 0 saturated heterocycles. The molecule has 150 valence electrons. The molecule has 1 aromatic carbocycles. The molecule has 28 heavy (non-hydrogen) atoms. The predicted molar refractivity (Wildman–Crippen MR) is 111 cm³/mol. The summed E-state index contributed by atoms with van der Waals surface area (Å²) in [5.74, 6) is 1.14. The molecule has 0 radical (unpaired) electrons. The average molecular weight is 403 g/mol. The van der Waals surface area contributed by atoms with Crippen molar-refractivity contribution in [3.05, 3.63) is 39.8 Å². The summed E-state index contributed by atoms with van der Waals surface area (Å²) < 4.78 is 10.5. The molecule has 1 aliphatic rings. The fourth-order valence-corrected chi connectivity index (χ4v) is 5.08. The van der Waals surface area contributed by atoms with Gasteiger partial charge in [0.1, 0.15) is 5.00 Å². The highest BCUT2D eigenvalue weighted by molar-refractivity contribution is 7.17. The molecule has 2 aromatic rings. The smallest absolute Gasteiger partial charge is 0.251 e. The fraction of sp³-hybridized carbons (Fsp3) is 0.429. The number of fused-ring (bicyclic) bond motifs is 1. The van der Waals surface area contributed by atoms with Crippen molar-refractivity contribution in [3.8, 4) is 11.5 Å². The molecule has 1 aliphatic carbocycles. The molecule has 0 fully saturated rings. The SMILES string of the molecule is CC[C@@H]1CCc2c(sc(NC(=O)Cc3ccc(OC)c(OC)c3)c2C(N)=O)C1. The lowest BCUT2D eigenvalue weighted by atomic mass is 9.85. The van der Waals surface area contributed by atoms with Gasteiger partial charge in [0.25, 0.3) is 5.91 Å². The van der Waals surface area contributed by atoms with Crippen LogP contribution in [0, 0.1) is 5.92 Å². The molecule has 0 spiro atoms. The van der Waals surface area contributed by atoms with Crippen molar-refractivity contribution >= 4 is 28.2 Å². The van der Waals surface area contributed by atoms with Gasteiger partial charge < -0.3 is 20.5 Å². The summed E-state index contributed by atoms with van der Waals surface area (Å²) in [6, 6.07) is 5.37. The number of anilines is 1. The summed E-state index contributed by atoms with van der Waals surface area (Å²) >= 11 is 1.48. The highest BCUT2D eigenvalue weighted by atomic mass is 32.1. The summed E-state index contributed by atoms with van der Waals surface area (Å²) in [5, 5.41) is 3.47. The lowest BCUT2D eigenvalue weighted by molar-refractivity contribution is -0.115. The number of rotatable bonds is 7. The average Bonchev–Trinajstić information content (AvgIpc) is 3.04. The number of nitrogens with one attached hydrogen (secondary N) is 1. The molecule has 0 unspecified atom stereocenters. The minimum Gasteiger partial charge on any atom is -0.493 e. The van der Waals surface area contributed by atoms with Crippen LogP contribution in [0.5, 0.6) is 11.5 Å². The zero-order valence-electron chi connectivity index (χ0n) is 16.5. The summed E-state index contributed by atoms with van der Waals surface area (Å²) in [5.41, 5.74) is 7.93. The number of methoxy groups -OCH3 is 2. The number of thiophene rings is 1. The van der Waals surface area contributed by atoms with E-state index in [4.69, 9.17) is 15.2 Å². The molecular weight excluding hydrogens is 376 g/mol. The monoisotopic (exact) mass is 402 g/mol. The number of primary amides is 1. The third-order valence-corrected chi connectivity index (χ3v) is 6.43. The van der Waals surface area contributed by atoms with Gasteiger partial charge in [-0.1, -0.05) is 19.4 Å². The molecule has 1 atom stereocenters. The minimum atomic E-state index is -0.478. The van der Waals surface area contributed by atoms with Gasteiger partial charge in [0.2, 0.25) is 5.91 Å². The Morgan fingerprint density at radius 1 is 1.25 bits per heavy atom. The van der Waals surface area contributed by atoms with Crippen LogP contribution in [0.3, 0.4) is 0 Å². The molecule has 1 heterocycles. The second-order valence-electron chi connectivity index (χ2n) is 7.00. The van der Waals surface area contributed by atoms with Crippen LogP contribution in [0.2, 0.25) is 0 Å². The van der Waals surface area contributed by atoms with Crippen molar-refractivity contribution in [1.29, 1.82) is 0 Å². The Hall–Kier alpha value is -2.54. The molecule has 0 saturated carbocycles. The van der Waals surface area contributed by atoms with Crippen molar-refractivity contribution in [2.75, 3.05) is 19.5 Å². The molecule has 7 heteroatoms. The number of ether oxygens (including phenoxy) is 2. The van der Waals surface area contributed by atoms with Gasteiger partial charge in [0.05, 0.1) is 26.2 Å². The largest absolute Gasteiger partial charge is 0.493 e. The van der Waals surface area contributed by atoms with E-state index < -0.39 is 5.91 Å². The first kappa shape index (κ1) is 20.2. The maximum Gasteiger partial charge on any atom is 0.251 e. The molecule has 6 nitrogen and oxygen atoms in total. The molecule has 3 N–H and O–H groups in total. The number of hydrogen-bond donors (Lipinski definition) is 2. The Kier molecular flexibility index (Phi) is 6.24. The molecule has 3 rings (SSSR count). The van der Waals surface area contributed by atoms with E-state index in [1.807, 2.05) is 6.07 Å². The summed E-state index contributed by atoms with van der Waals surface area (Å²) in [6.07, 6.45) is 4.12. The number of carbonyl (C=O) groups is 2. The van der Waals surface area contributed by atoms with Gasteiger partial charge in [-0.3, -0.25) is 9.59 Å². The van der Waals surface area contributed by atoms with Crippen LogP contribution in [-0.2, 0) is 24.1 Å². The van der Waals surface area contributed by atoms with Gasteiger partial charge >= 0.3 is 0 Å². The first-order valence-corrected chi connectivity index (χ1v) is 10.2. The van der Waals surface area contributed by atoms with Gasteiger partial charge in [-0.2, -0.15) is 0 Å². The van der Waals surface area contributed by atoms with Crippen molar-refractivity contribution in [2.24, 2.45) is 11.7 Å². The minimum absolute atomic E-state index is 0.165. The van der Waals surface area contributed by atoms with Gasteiger partial charge in [-0.15, -0.1) is 11.3 Å². The first-order valence-electron chi connectivity index (χ1n) is 9.41. The zero-order chi connectivity index (χ0) is 20.3. The van der Waals surface area contributed by atoms with E-state index in [9.17, 15) is 9.59 Å². The Labute approximate surface area is 169 Å². The number of benzene rings is 1. The Balaban J connectivity index is 1.79. The fourth-order valence-electron chi connectivity index (χ4n) is 3.70. The molecular formula is C21H26N2O4S. The van der Waals surface area contributed by atoms with Crippen LogP contribution in [0.25, 0.3) is 0 Å². The number of carbonyl (C=O) groups excluding carboxylic acids is 2. The van der Waals surface area contributed by atoms with Gasteiger partial charge in [0.15, 0.2) is 11.5 Å². The zero-order valence-corrected chi connectivity index (χ0v) is 17.3. The van der Waals surface area contributed by atoms with E-state index in [2.05, 4.69) is 12.2 Å². The van der Waals surface area contributed by atoms with E-state index in [1.165, 1.54) is 16.2 Å². The second kappa shape index (κ2) is 8.65. The Bertz CT molecular complexity index is 891. The van der Waals surface area contributed by atoms with Crippen LogP contribution in [0.1, 0.15) is 46.1 Å². The van der Waals surface area contributed by atoms with E-state index in [1.54, 1.807) is 26.4 Å². The lowest BCUT2D eigenvalue weighted by Crippen LogP contribution is -2.20. The van der Waals surface area contributed by atoms with Crippen molar-refractivity contribution < 1.29 is 19.1 Å². The Morgan fingerprint density at radius 3 is 2.64 bits per heavy atom. The number of hydrogen-bond acceptors (Lipinski definition) is 5. The Morgan fingerprint density at radius 2 is 2.00 bits per heavy atom. The maximum atomic E-state index is 12.6. The van der Waals surface area contributed by atoms with E-state index in [0.29, 0.717) is 28.0 Å². The van der Waals surface area contributed by atoms with Gasteiger partial charge in [-0.05, 0) is 48.4 Å². The van der Waals surface area contributed by atoms with Crippen LogP contribution >= 0.6 is 11.3 Å². The first-order chi connectivity index (χ1) is 13.5. The van der Waals surface area contributed by atoms with Crippen molar-refractivity contribution in [3.63, 3.8) is 0 Å². The third-order valence-electron chi connectivity index (χ3n) is 5.26. The molecule has 2 amide bonds. The van der Waals surface area contributed by atoms with Gasteiger partial charge in [0, 0.05) is 4.88 Å². The topological polar surface area (TPSA) is 90.7 Å². The lowest BCUT2D eigenvalue weighted by Gasteiger charge is -2.20. The number of nitrogens with two attached hydrogens (primary N) is 1. The standard InChI is InChI=1S/C21H26N2O4S/c1-4-12-5-7-14-17(10-12)28-21(19(14)20(22)25)23-18(24)11-13-6-8-15(26-2)16(9-13)27-3/h6,8-9,12H,4-5,7,10-11H2,1-3H3,(H2,22,25)(H,23,24)/t12-/m1/s1. The quantitative estimate of drug-likeness (QED) is 0.741. The summed E-state index contributed by atoms with van der Waals surface area (Å²) in [4.78, 5) is 25.8. The van der Waals surface area contributed by atoms with Crippen LogP contribution < -0.4 is 20.5 Å². The third kappa shape index (κ3) is 4.14. The summed E-state index contributed by atoms with van der Waals surface area (Å²) in [7, 11) is 3.12. The predicted octanol–water partition coefficient (Wildman–Crippen LogP) is 3.56. The highest BCUT2D eigenvalue weighted by Gasteiger charge is 2.28. The maximum absolute atomic E-state index is 12.6. The van der Waals surface area contributed by atoms with Gasteiger partial charge in [-0.25, -0.2) is 0 Å². The molecule has 1 aromatic heterocycles. The normalized spacial score (nSPS) is 15.6. The van der Waals surface area contributed by atoms with E-state index in [0.717, 1.165) is 36.8 Å². The van der Waals surface area contributed by atoms with Crippen LogP contribution in [0.15, 0.2) is 18.2 Å². The molecule has 0 aliphatic heterocycles.